The molecule has 0 rings (SSSR count). The van der Waals surface area contributed by atoms with Crippen LogP contribution in [-0.2, 0) is 9.47 Å². The molecular formula is C3H5NO3S2. The minimum Gasteiger partial charge on any atom is -0.423 e. The molecule has 0 radical (unpaired) electrons. The van der Waals surface area contributed by atoms with Crippen LogP contribution in [0, 0.1) is 0 Å². The van der Waals surface area contributed by atoms with Crippen LogP contribution < -0.4 is 5.73 Å². The minimum absolute atomic E-state index is 0.0541. The molecule has 0 aromatic rings. The van der Waals surface area contributed by atoms with Gasteiger partial charge in [-0.2, -0.15) is 0 Å². The lowest BCUT2D eigenvalue weighted by Gasteiger charge is -1.98. The summed E-state index contributed by atoms with van der Waals surface area (Å²) >= 11 is 7.79. The van der Waals surface area contributed by atoms with Crippen molar-refractivity contribution in [2.24, 2.45) is 5.73 Å². The average molecular weight is 167 g/mol. The van der Waals surface area contributed by atoms with Crippen LogP contribution in [0.4, 0.5) is 4.79 Å². The van der Waals surface area contributed by atoms with E-state index in [2.05, 4.69) is 34.3 Å². The van der Waals surface area contributed by atoms with Gasteiger partial charge < -0.3 is 15.2 Å². The van der Waals surface area contributed by atoms with Crippen LogP contribution in [0.25, 0.3) is 0 Å². The normalized spacial score (nSPS) is 8.11. The van der Waals surface area contributed by atoms with E-state index in [4.69, 9.17) is 5.73 Å². The predicted molar refractivity (Wildman–Crippen MR) is 38.2 cm³/mol. The molecule has 52 valence electrons. The smallest absolute Gasteiger partial charge is 0.423 e. The molecule has 9 heavy (non-hydrogen) atoms. The zero-order chi connectivity index (χ0) is 7.28. The van der Waals surface area contributed by atoms with E-state index in [1.807, 2.05) is 0 Å². The molecule has 0 atom stereocenters. The van der Waals surface area contributed by atoms with Gasteiger partial charge in [-0.1, -0.05) is 0 Å². The van der Waals surface area contributed by atoms with Crippen molar-refractivity contribution in [3.8, 4) is 0 Å². The van der Waals surface area contributed by atoms with Gasteiger partial charge in [0.1, 0.15) is 5.94 Å². The first-order valence-electron chi connectivity index (χ1n) is 1.91. The van der Waals surface area contributed by atoms with Crippen molar-refractivity contribution in [3.05, 3.63) is 0 Å². The lowest BCUT2D eigenvalue weighted by molar-refractivity contribution is 0.114. The third kappa shape index (κ3) is 5.38. The molecule has 0 fully saturated rings. The van der Waals surface area contributed by atoms with Crippen molar-refractivity contribution in [3.63, 3.8) is 0 Å². The van der Waals surface area contributed by atoms with Crippen LogP contribution >= 0.6 is 24.8 Å². The molecule has 4 nitrogen and oxygen atoms in total. The van der Waals surface area contributed by atoms with Crippen LogP contribution in [0.15, 0.2) is 0 Å². The van der Waals surface area contributed by atoms with Gasteiger partial charge in [-0.25, -0.2) is 4.79 Å². The highest BCUT2D eigenvalue weighted by atomic mass is 32.1. The maximum absolute atomic E-state index is 10.2. The Morgan fingerprint density at radius 2 is 2.33 bits per heavy atom. The van der Waals surface area contributed by atoms with Gasteiger partial charge in [-0.3, -0.25) is 0 Å². The number of thiocarbonyl (C=S) groups is 1. The fourth-order valence-corrected chi connectivity index (χ4v) is 0.338. The standard InChI is InChI=1S/C3H5NO3S2/c4-2(9)7-3(5)6-1-8/h8H,1H2,(H2,4,9). The third-order valence-electron chi connectivity index (χ3n) is 0.366. The number of hydrogen-bond donors (Lipinski definition) is 2. The summed E-state index contributed by atoms with van der Waals surface area (Å²) in [4.78, 5) is 10.2. The molecule has 0 aliphatic carbocycles. The Kier molecular flexibility index (Phi) is 4.16. The van der Waals surface area contributed by atoms with E-state index in [-0.39, 0.29) is 11.1 Å². The lowest BCUT2D eigenvalue weighted by atomic mass is 11.2. The van der Waals surface area contributed by atoms with Crippen molar-refractivity contribution < 1.29 is 14.3 Å². The molecule has 0 unspecified atom stereocenters. The molecule has 0 saturated carbocycles. The summed E-state index contributed by atoms with van der Waals surface area (Å²) in [5.74, 6) is -0.0541. The highest BCUT2D eigenvalue weighted by molar-refractivity contribution is 7.80. The van der Waals surface area contributed by atoms with Gasteiger partial charge in [0, 0.05) is 0 Å². The molecule has 0 saturated heterocycles. The molecule has 0 aromatic carbocycles. The van der Waals surface area contributed by atoms with Gasteiger partial charge in [0.15, 0.2) is 0 Å². The fraction of sp³-hybridized carbons (Fsp3) is 0.333. The van der Waals surface area contributed by atoms with E-state index in [1.54, 1.807) is 0 Å². The highest BCUT2D eigenvalue weighted by Gasteiger charge is 2.02. The maximum atomic E-state index is 10.2. The molecule has 0 amide bonds. The molecule has 0 heterocycles. The first kappa shape index (κ1) is 8.51. The summed E-state index contributed by atoms with van der Waals surface area (Å²) in [7, 11) is 0. The topological polar surface area (TPSA) is 61.5 Å². The molecule has 0 aliphatic heterocycles. The Bertz CT molecular complexity index is 126. The van der Waals surface area contributed by atoms with Crippen molar-refractivity contribution in [2.45, 2.75) is 0 Å². The second-order valence-electron chi connectivity index (χ2n) is 0.945. The van der Waals surface area contributed by atoms with E-state index < -0.39 is 6.16 Å². The Labute approximate surface area is 62.7 Å². The fourth-order valence-electron chi connectivity index (χ4n) is 0.164. The molecule has 0 aromatic heterocycles. The quantitative estimate of drug-likeness (QED) is 0.254. The molecule has 0 spiro atoms. The summed E-state index contributed by atoms with van der Waals surface area (Å²) in [5, 5.41) is -0.359. The first-order chi connectivity index (χ1) is 4.16. The van der Waals surface area contributed by atoms with Gasteiger partial charge in [0.2, 0.25) is 0 Å². The Morgan fingerprint density at radius 3 is 2.67 bits per heavy atom. The Balaban J connectivity index is 3.39. The number of carbonyl (C=O) groups excluding carboxylic acids is 1. The summed E-state index contributed by atoms with van der Waals surface area (Å²) in [6.07, 6.45) is -0.933. The van der Waals surface area contributed by atoms with Crippen LogP contribution in [0.3, 0.4) is 0 Å². The maximum Gasteiger partial charge on any atom is 0.516 e. The number of rotatable bonds is 1. The number of carbonyl (C=O) groups is 1. The van der Waals surface area contributed by atoms with E-state index in [9.17, 15) is 4.79 Å². The van der Waals surface area contributed by atoms with Crippen molar-refractivity contribution >= 4 is 36.2 Å². The Morgan fingerprint density at radius 1 is 1.78 bits per heavy atom. The van der Waals surface area contributed by atoms with Crippen LogP contribution in [-0.4, -0.2) is 17.3 Å². The predicted octanol–water partition coefficient (Wildman–Crippen LogP) is 0.271. The Hall–Kier alpha value is -0.490. The first-order valence-corrected chi connectivity index (χ1v) is 2.95. The van der Waals surface area contributed by atoms with E-state index in [0.29, 0.717) is 0 Å². The molecule has 6 heteroatoms. The van der Waals surface area contributed by atoms with E-state index in [0.717, 1.165) is 0 Å². The molecule has 2 N–H and O–H groups in total. The van der Waals surface area contributed by atoms with Gasteiger partial charge in [-0.15, -0.1) is 12.6 Å². The van der Waals surface area contributed by atoms with Gasteiger partial charge in [0.05, 0.1) is 0 Å². The zero-order valence-electron chi connectivity index (χ0n) is 4.36. The van der Waals surface area contributed by atoms with E-state index >= 15 is 0 Å². The average Bonchev–Trinajstić information content (AvgIpc) is 1.63. The van der Waals surface area contributed by atoms with Crippen LogP contribution in [0.2, 0.25) is 0 Å². The summed E-state index contributed by atoms with van der Waals surface area (Å²) in [5.41, 5.74) is 4.81. The van der Waals surface area contributed by atoms with Crippen molar-refractivity contribution in [1.29, 1.82) is 0 Å². The highest BCUT2D eigenvalue weighted by Crippen LogP contribution is 1.85. The summed E-state index contributed by atoms with van der Waals surface area (Å²) in [6.45, 7) is 0. The van der Waals surface area contributed by atoms with Gasteiger partial charge >= 0.3 is 6.16 Å². The minimum atomic E-state index is -0.933. The zero-order valence-corrected chi connectivity index (χ0v) is 6.08. The third-order valence-corrected chi connectivity index (χ3v) is 0.579. The van der Waals surface area contributed by atoms with Crippen molar-refractivity contribution in [1.82, 2.24) is 0 Å². The number of nitrogens with two attached hydrogens (primary N) is 1. The monoisotopic (exact) mass is 167 g/mol. The van der Waals surface area contributed by atoms with Crippen LogP contribution in [0.1, 0.15) is 0 Å². The summed E-state index contributed by atoms with van der Waals surface area (Å²) in [6, 6.07) is 0. The molecule has 0 aliphatic rings. The van der Waals surface area contributed by atoms with Crippen molar-refractivity contribution in [2.75, 3.05) is 5.94 Å². The van der Waals surface area contributed by atoms with Gasteiger partial charge in [0.25, 0.3) is 5.17 Å². The number of ether oxygens (including phenoxy) is 2. The second-order valence-corrected chi connectivity index (χ2v) is 1.61. The largest absolute Gasteiger partial charge is 0.516 e. The summed E-state index contributed by atoms with van der Waals surface area (Å²) < 4.78 is 8.28. The number of hydrogen-bond acceptors (Lipinski definition) is 5. The second kappa shape index (κ2) is 4.39. The van der Waals surface area contributed by atoms with Gasteiger partial charge in [-0.05, 0) is 12.2 Å². The lowest BCUT2D eigenvalue weighted by Crippen LogP contribution is -2.18. The molecular weight excluding hydrogens is 162 g/mol. The van der Waals surface area contributed by atoms with Crippen LogP contribution in [0.5, 0.6) is 0 Å². The number of thiol groups is 1. The van der Waals surface area contributed by atoms with E-state index in [1.165, 1.54) is 0 Å². The SMILES string of the molecule is NC(=S)OC(=O)OCS. The molecule has 0 bridgehead atoms.